The van der Waals surface area contributed by atoms with Crippen molar-refractivity contribution < 1.29 is 0 Å². The lowest BCUT2D eigenvalue weighted by molar-refractivity contribution is 0.984. The van der Waals surface area contributed by atoms with E-state index < -0.39 is 0 Å². The van der Waals surface area contributed by atoms with Crippen LogP contribution in [0.4, 0.5) is 17.2 Å². The third kappa shape index (κ3) is 2.64. The average molecular weight is 306 g/mol. The molecule has 2 rings (SSSR count). The topological polar surface area (TPSA) is 42.2 Å². The molecule has 0 spiro atoms. The molecule has 0 amide bonds. The molecule has 0 aliphatic carbocycles. The van der Waals surface area contributed by atoms with Crippen LogP contribution in [0.15, 0.2) is 41.0 Å². The molecule has 18 heavy (non-hydrogen) atoms. The van der Waals surface area contributed by atoms with Crippen molar-refractivity contribution >= 4 is 33.1 Å². The minimum absolute atomic E-state index is 0.658. The molecule has 0 unspecified atom stereocenters. The van der Waals surface area contributed by atoms with Crippen molar-refractivity contribution in [1.82, 2.24) is 4.98 Å². The van der Waals surface area contributed by atoms with Gasteiger partial charge >= 0.3 is 0 Å². The summed E-state index contributed by atoms with van der Waals surface area (Å²) in [5.74, 6) is 0.886. The molecule has 0 fully saturated rings. The molecule has 3 nitrogen and oxygen atoms in total. The highest BCUT2D eigenvalue weighted by molar-refractivity contribution is 9.10. The van der Waals surface area contributed by atoms with Gasteiger partial charge in [0, 0.05) is 12.2 Å². The summed E-state index contributed by atoms with van der Waals surface area (Å²) >= 11 is 3.52. The van der Waals surface area contributed by atoms with Gasteiger partial charge in [-0.05, 0) is 53.5 Å². The van der Waals surface area contributed by atoms with Gasteiger partial charge in [-0.2, -0.15) is 0 Å². The molecule has 0 bridgehead atoms. The molecular formula is C14H16BrN3. The summed E-state index contributed by atoms with van der Waals surface area (Å²) < 4.78 is 0.908. The van der Waals surface area contributed by atoms with Crippen molar-refractivity contribution in [2.75, 3.05) is 17.2 Å². The summed E-state index contributed by atoms with van der Waals surface area (Å²) in [7, 11) is 0. The van der Waals surface area contributed by atoms with Crippen LogP contribution in [0.25, 0.3) is 0 Å². The van der Waals surface area contributed by atoms with Crippen molar-refractivity contribution in [2.45, 2.75) is 13.8 Å². The lowest BCUT2D eigenvalue weighted by Gasteiger charge is -2.23. The molecule has 2 N–H and O–H groups in total. The molecule has 0 radical (unpaired) electrons. The van der Waals surface area contributed by atoms with Crippen LogP contribution in [0.5, 0.6) is 0 Å². The number of nitrogens with two attached hydrogens (primary N) is 1. The van der Waals surface area contributed by atoms with Gasteiger partial charge in [0.1, 0.15) is 5.82 Å². The maximum absolute atomic E-state index is 5.72. The third-order valence-electron chi connectivity index (χ3n) is 2.73. The number of benzene rings is 1. The van der Waals surface area contributed by atoms with Gasteiger partial charge in [0.15, 0.2) is 0 Å². The van der Waals surface area contributed by atoms with Gasteiger partial charge in [-0.15, -0.1) is 0 Å². The maximum atomic E-state index is 5.72. The number of nitrogens with zero attached hydrogens (tertiary/aromatic N) is 2. The number of nitrogen functional groups attached to an aromatic ring is 1. The van der Waals surface area contributed by atoms with Gasteiger partial charge in [0.2, 0.25) is 0 Å². The second-order valence-corrected chi connectivity index (χ2v) is 5.01. The number of halogens is 1. The number of anilines is 3. The lowest BCUT2D eigenvalue weighted by atomic mass is 10.2. The molecule has 0 aliphatic heterocycles. The van der Waals surface area contributed by atoms with E-state index in [1.165, 1.54) is 5.56 Å². The van der Waals surface area contributed by atoms with Crippen LogP contribution >= 0.6 is 15.9 Å². The van der Waals surface area contributed by atoms with Crippen molar-refractivity contribution in [3.63, 3.8) is 0 Å². The number of aromatic nitrogens is 1. The van der Waals surface area contributed by atoms with Crippen molar-refractivity contribution in [2.24, 2.45) is 0 Å². The van der Waals surface area contributed by atoms with Gasteiger partial charge in [0.05, 0.1) is 16.4 Å². The molecule has 0 saturated carbocycles. The third-order valence-corrected chi connectivity index (χ3v) is 3.31. The predicted molar refractivity (Wildman–Crippen MR) is 80.2 cm³/mol. The summed E-state index contributed by atoms with van der Waals surface area (Å²) in [5.41, 5.74) is 8.75. The Hall–Kier alpha value is -1.55. The smallest absolute Gasteiger partial charge is 0.147 e. The van der Waals surface area contributed by atoms with Gasteiger partial charge in [-0.25, -0.2) is 4.98 Å². The van der Waals surface area contributed by atoms with Crippen LogP contribution in [0.1, 0.15) is 12.5 Å². The molecule has 2 aromatic rings. The number of aryl methyl sites for hydroxylation is 1. The van der Waals surface area contributed by atoms with Crippen molar-refractivity contribution in [3.05, 3.63) is 46.6 Å². The summed E-state index contributed by atoms with van der Waals surface area (Å²) in [5, 5.41) is 0. The van der Waals surface area contributed by atoms with Crippen LogP contribution < -0.4 is 10.6 Å². The fraction of sp³-hybridized carbons (Fsp3) is 0.214. The van der Waals surface area contributed by atoms with Crippen molar-refractivity contribution in [1.29, 1.82) is 0 Å². The minimum atomic E-state index is 0.658. The molecule has 0 saturated heterocycles. The normalized spacial score (nSPS) is 10.4. The van der Waals surface area contributed by atoms with E-state index in [4.69, 9.17) is 5.73 Å². The van der Waals surface area contributed by atoms with E-state index in [2.05, 4.69) is 63.9 Å². The zero-order chi connectivity index (χ0) is 13.1. The highest BCUT2D eigenvalue weighted by Crippen LogP contribution is 2.31. The second-order valence-electron chi connectivity index (χ2n) is 4.16. The largest absolute Gasteiger partial charge is 0.397 e. The number of hydrogen-bond donors (Lipinski definition) is 1. The van der Waals surface area contributed by atoms with E-state index >= 15 is 0 Å². The van der Waals surface area contributed by atoms with Crippen LogP contribution in [0.2, 0.25) is 0 Å². The first-order valence-corrected chi connectivity index (χ1v) is 6.66. The van der Waals surface area contributed by atoms with Crippen LogP contribution in [-0.2, 0) is 0 Å². The zero-order valence-corrected chi connectivity index (χ0v) is 12.1. The summed E-state index contributed by atoms with van der Waals surface area (Å²) in [6.45, 7) is 5.04. The second kappa shape index (κ2) is 5.40. The number of rotatable bonds is 3. The molecular weight excluding hydrogens is 290 g/mol. The SMILES string of the molecule is CCN(c1cccc(C)c1)c1ncc(N)cc1Br. The van der Waals surface area contributed by atoms with Crippen LogP contribution in [0, 0.1) is 6.92 Å². The highest BCUT2D eigenvalue weighted by atomic mass is 79.9. The molecule has 1 aromatic carbocycles. The van der Waals surface area contributed by atoms with Gasteiger partial charge in [-0.1, -0.05) is 12.1 Å². The van der Waals surface area contributed by atoms with Crippen LogP contribution in [0.3, 0.4) is 0 Å². The van der Waals surface area contributed by atoms with Gasteiger partial charge in [-0.3, -0.25) is 0 Å². The molecule has 94 valence electrons. The Kier molecular flexibility index (Phi) is 3.87. The van der Waals surface area contributed by atoms with E-state index in [9.17, 15) is 0 Å². The molecule has 0 atom stereocenters. The molecule has 1 aromatic heterocycles. The molecule has 0 aliphatic rings. The fourth-order valence-corrected chi connectivity index (χ4v) is 2.48. The Morgan fingerprint density at radius 2 is 2.11 bits per heavy atom. The van der Waals surface area contributed by atoms with Gasteiger partial charge in [0.25, 0.3) is 0 Å². The van der Waals surface area contributed by atoms with E-state index in [0.717, 1.165) is 22.5 Å². The Labute approximate surface area is 116 Å². The first kappa shape index (κ1) is 12.9. The first-order valence-electron chi connectivity index (χ1n) is 5.87. The Bertz CT molecular complexity index is 554. The molecule has 1 heterocycles. The standard InChI is InChI=1S/C14H16BrN3/c1-3-18(12-6-4-5-10(2)7-12)14-13(15)8-11(16)9-17-14/h4-9H,3,16H2,1-2H3. The number of hydrogen-bond acceptors (Lipinski definition) is 3. The Morgan fingerprint density at radius 1 is 1.33 bits per heavy atom. The van der Waals surface area contributed by atoms with E-state index in [-0.39, 0.29) is 0 Å². The van der Waals surface area contributed by atoms with E-state index in [0.29, 0.717) is 5.69 Å². The summed E-state index contributed by atoms with van der Waals surface area (Å²) in [6, 6.07) is 10.2. The summed E-state index contributed by atoms with van der Waals surface area (Å²) in [4.78, 5) is 6.56. The first-order chi connectivity index (χ1) is 8.61. The zero-order valence-electron chi connectivity index (χ0n) is 10.5. The average Bonchev–Trinajstić information content (AvgIpc) is 2.33. The Morgan fingerprint density at radius 3 is 2.72 bits per heavy atom. The van der Waals surface area contributed by atoms with Crippen LogP contribution in [-0.4, -0.2) is 11.5 Å². The number of pyridine rings is 1. The monoisotopic (exact) mass is 305 g/mol. The predicted octanol–water partition coefficient (Wildman–Crippen LogP) is 3.89. The summed E-state index contributed by atoms with van der Waals surface area (Å²) in [6.07, 6.45) is 1.68. The minimum Gasteiger partial charge on any atom is -0.397 e. The van der Waals surface area contributed by atoms with Gasteiger partial charge < -0.3 is 10.6 Å². The fourth-order valence-electron chi connectivity index (χ4n) is 1.89. The highest BCUT2D eigenvalue weighted by Gasteiger charge is 2.12. The van der Waals surface area contributed by atoms with E-state index in [1.54, 1.807) is 6.20 Å². The maximum Gasteiger partial charge on any atom is 0.147 e. The van der Waals surface area contributed by atoms with E-state index in [1.807, 2.05) is 6.07 Å². The quantitative estimate of drug-likeness (QED) is 0.935. The molecule has 4 heteroatoms. The van der Waals surface area contributed by atoms with Crippen molar-refractivity contribution in [3.8, 4) is 0 Å². The Balaban J connectivity index is 2.45. The lowest BCUT2D eigenvalue weighted by Crippen LogP contribution is -2.18.